The summed E-state index contributed by atoms with van der Waals surface area (Å²) in [5.41, 5.74) is 3.30. The molecule has 1 N–H and O–H groups in total. The number of fused-ring (bicyclic) bond motifs is 1. The van der Waals surface area contributed by atoms with E-state index in [1.165, 1.54) is 32.1 Å². The van der Waals surface area contributed by atoms with Gasteiger partial charge < -0.3 is 14.6 Å². The lowest BCUT2D eigenvalue weighted by Gasteiger charge is -2.20. The number of rotatable bonds is 7. The highest BCUT2D eigenvalue weighted by Gasteiger charge is 2.22. The van der Waals surface area contributed by atoms with E-state index >= 15 is 0 Å². The van der Waals surface area contributed by atoms with Gasteiger partial charge in [0.05, 0.1) is 0 Å². The van der Waals surface area contributed by atoms with Crippen LogP contribution in [-0.4, -0.2) is 36.1 Å². The minimum Gasteiger partial charge on any atom is -0.451 e. The van der Waals surface area contributed by atoms with Crippen molar-refractivity contribution in [1.82, 2.24) is 10.2 Å². The van der Waals surface area contributed by atoms with Crippen molar-refractivity contribution in [2.24, 2.45) is 0 Å². The van der Waals surface area contributed by atoms with Crippen molar-refractivity contribution < 1.29 is 14.0 Å². The SMILES string of the molecule is CN(C)C(=O)c1ccc(CNC(=O)c2oc3ccccc3c2CSC2CCCCC2)cc1. The van der Waals surface area contributed by atoms with Gasteiger partial charge in [-0.2, -0.15) is 11.8 Å². The predicted molar refractivity (Wildman–Crippen MR) is 130 cm³/mol. The van der Waals surface area contributed by atoms with E-state index in [1.807, 2.05) is 48.2 Å². The maximum Gasteiger partial charge on any atom is 0.287 e. The fourth-order valence-electron chi connectivity index (χ4n) is 4.14. The lowest BCUT2D eigenvalue weighted by Crippen LogP contribution is -2.24. The van der Waals surface area contributed by atoms with Crippen molar-refractivity contribution in [3.63, 3.8) is 0 Å². The zero-order valence-corrected chi connectivity index (χ0v) is 19.5. The van der Waals surface area contributed by atoms with Crippen molar-refractivity contribution in [3.8, 4) is 0 Å². The number of hydrogen-bond donors (Lipinski definition) is 1. The Morgan fingerprint density at radius 2 is 1.75 bits per heavy atom. The average molecular weight is 451 g/mol. The molecule has 0 aliphatic heterocycles. The summed E-state index contributed by atoms with van der Waals surface area (Å²) in [6, 6.07) is 15.2. The van der Waals surface area contributed by atoms with Crippen LogP contribution in [0.1, 0.15) is 64.1 Å². The van der Waals surface area contributed by atoms with Gasteiger partial charge in [0.15, 0.2) is 5.76 Å². The second kappa shape index (κ2) is 10.3. The van der Waals surface area contributed by atoms with E-state index in [2.05, 4.69) is 5.32 Å². The van der Waals surface area contributed by atoms with Crippen LogP contribution < -0.4 is 5.32 Å². The van der Waals surface area contributed by atoms with E-state index in [0.717, 1.165) is 27.8 Å². The Bertz CT molecular complexity index is 1080. The zero-order chi connectivity index (χ0) is 22.5. The Hall–Kier alpha value is -2.73. The normalized spacial score (nSPS) is 14.4. The summed E-state index contributed by atoms with van der Waals surface area (Å²) in [5, 5.41) is 4.67. The highest BCUT2D eigenvalue weighted by atomic mass is 32.2. The van der Waals surface area contributed by atoms with Crippen LogP contribution in [0.2, 0.25) is 0 Å². The number of nitrogens with zero attached hydrogens (tertiary/aromatic N) is 1. The largest absolute Gasteiger partial charge is 0.451 e. The van der Waals surface area contributed by atoms with Crippen molar-refractivity contribution in [2.45, 2.75) is 49.7 Å². The molecule has 1 aliphatic carbocycles. The lowest BCUT2D eigenvalue weighted by molar-refractivity contribution is 0.0827. The maximum atomic E-state index is 13.0. The first-order valence-corrected chi connectivity index (χ1v) is 12.3. The Morgan fingerprint density at radius 1 is 1.03 bits per heavy atom. The number of hydrogen-bond acceptors (Lipinski definition) is 4. The van der Waals surface area contributed by atoms with E-state index in [9.17, 15) is 9.59 Å². The van der Waals surface area contributed by atoms with Gasteiger partial charge in [0.2, 0.25) is 0 Å². The van der Waals surface area contributed by atoms with Crippen LogP contribution in [0.4, 0.5) is 0 Å². The highest BCUT2D eigenvalue weighted by Crippen LogP contribution is 2.35. The molecular formula is C26H30N2O3S. The van der Waals surface area contributed by atoms with E-state index in [1.54, 1.807) is 31.1 Å². The number of thioether (sulfide) groups is 1. The van der Waals surface area contributed by atoms with Crippen LogP contribution in [0, 0.1) is 0 Å². The maximum absolute atomic E-state index is 13.0. The molecule has 6 heteroatoms. The summed E-state index contributed by atoms with van der Waals surface area (Å²) >= 11 is 1.95. The standard InChI is InChI=1S/C26H30N2O3S/c1-28(2)26(30)19-14-12-18(13-15-19)16-27-25(29)24-22(17-32-20-8-4-3-5-9-20)21-10-6-7-11-23(21)31-24/h6-7,10-15,20H,3-5,8-9,16-17H2,1-2H3,(H,27,29). The summed E-state index contributed by atoms with van der Waals surface area (Å²) in [5.74, 6) is 0.956. The third-order valence-electron chi connectivity index (χ3n) is 5.98. The molecule has 4 rings (SSSR count). The molecule has 1 aromatic heterocycles. The number of carbonyl (C=O) groups is 2. The van der Waals surface area contributed by atoms with Gasteiger partial charge in [0, 0.05) is 48.2 Å². The zero-order valence-electron chi connectivity index (χ0n) is 18.7. The topological polar surface area (TPSA) is 62.6 Å². The summed E-state index contributed by atoms with van der Waals surface area (Å²) in [4.78, 5) is 26.6. The number of amides is 2. The van der Waals surface area contributed by atoms with E-state index in [0.29, 0.717) is 23.1 Å². The molecule has 2 aromatic carbocycles. The molecule has 1 aliphatic rings. The monoisotopic (exact) mass is 450 g/mol. The van der Waals surface area contributed by atoms with Crippen LogP contribution in [0.5, 0.6) is 0 Å². The highest BCUT2D eigenvalue weighted by molar-refractivity contribution is 7.99. The predicted octanol–water partition coefficient (Wildman–Crippen LogP) is 5.63. The number of para-hydroxylation sites is 1. The Balaban J connectivity index is 1.46. The first-order valence-electron chi connectivity index (χ1n) is 11.2. The summed E-state index contributed by atoms with van der Waals surface area (Å²) in [6.07, 6.45) is 6.46. The van der Waals surface area contributed by atoms with E-state index < -0.39 is 0 Å². The Labute approximate surface area is 193 Å². The quantitative estimate of drug-likeness (QED) is 0.507. The second-order valence-corrected chi connectivity index (χ2v) is 9.84. The third kappa shape index (κ3) is 5.18. The lowest BCUT2D eigenvalue weighted by atomic mass is 10.0. The second-order valence-electron chi connectivity index (χ2n) is 8.56. The molecule has 1 saturated carbocycles. The van der Waals surface area contributed by atoms with Crippen LogP contribution in [-0.2, 0) is 12.3 Å². The molecule has 3 aromatic rings. The molecule has 32 heavy (non-hydrogen) atoms. The van der Waals surface area contributed by atoms with Gasteiger partial charge >= 0.3 is 0 Å². The molecule has 0 bridgehead atoms. The Kier molecular flexibility index (Phi) is 7.20. The first kappa shape index (κ1) is 22.5. The van der Waals surface area contributed by atoms with E-state index in [-0.39, 0.29) is 11.8 Å². The summed E-state index contributed by atoms with van der Waals surface area (Å²) in [7, 11) is 3.46. The van der Waals surface area contributed by atoms with Crippen LogP contribution in [0.25, 0.3) is 11.0 Å². The summed E-state index contributed by atoms with van der Waals surface area (Å²) < 4.78 is 5.99. The van der Waals surface area contributed by atoms with Crippen LogP contribution in [0.15, 0.2) is 52.9 Å². The summed E-state index contributed by atoms with van der Waals surface area (Å²) in [6.45, 7) is 0.377. The number of furan rings is 1. The number of nitrogens with one attached hydrogen (secondary N) is 1. The molecule has 0 atom stereocenters. The van der Waals surface area contributed by atoms with Crippen molar-refractivity contribution in [2.75, 3.05) is 14.1 Å². The average Bonchev–Trinajstić information content (AvgIpc) is 3.20. The van der Waals surface area contributed by atoms with Crippen molar-refractivity contribution >= 4 is 34.5 Å². The van der Waals surface area contributed by atoms with Gasteiger partial charge in [0.1, 0.15) is 5.58 Å². The van der Waals surface area contributed by atoms with Gasteiger partial charge in [-0.25, -0.2) is 0 Å². The van der Waals surface area contributed by atoms with Crippen molar-refractivity contribution in [1.29, 1.82) is 0 Å². The smallest absolute Gasteiger partial charge is 0.287 e. The number of benzene rings is 2. The van der Waals surface area contributed by atoms with Gasteiger partial charge in [-0.1, -0.05) is 49.6 Å². The van der Waals surface area contributed by atoms with Crippen LogP contribution in [0.3, 0.4) is 0 Å². The van der Waals surface area contributed by atoms with Crippen molar-refractivity contribution in [3.05, 3.63) is 71.0 Å². The molecule has 168 valence electrons. The molecule has 0 unspecified atom stereocenters. The molecule has 0 spiro atoms. The van der Waals surface area contributed by atoms with Gasteiger partial charge in [-0.15, -0.1) is 0 Å². The Morgan fingerprint density at radius 3 is 2.47 bits per heavy atom. The molecule has 5 nitrogen and oxygen atoms in total. The minimum atomic E-state index is -0.200. The fraction of sp³-hybridized carbons (Fsp3) is 0.385. The van der Waals surface area contributed by atoms with Gasteiger partial charge in [-0.05, 0) is 36.6 Å². The first-order chi connectivity index (χ1) is 15.5. The van der Waals surface area contributed by atoms with E-state index in [4.69, 9.17) is 4.42 Å². The molecule has 0 saturated heterocycles. The molecule has 0 radical (unpaired) electrons. The number of carbonyl (C=O) groups excluding carboxylic acids is 2. The van der Waals surface area contributed by atoms with Gasteiger partial charge in [-0.3, -0.25) is 9.59 Å². The molecule has 1 heterocycles. The minimum absolute atomic E-state index is 0.0389. The van der Waals surface area contributed by atoms with Crippen LogP contribution >= 0.6 is 11.8 Å². The fourth-order valence-corrected chi connectivity index (χ4v) is 5.50. The molecule has 2 amide bonds. The molecular weight excluding hydrogens is 420 g/mol. The van der Waals surface area contributed by atoms with Gasteiger partial charge in [0.25, 0.3) is 11.8 Å². The molecule has 1 fully saturated rings. The third-order valence-corrected chi connectivity index (χ3v) is 7.38.